The van der Waals surface area contributed by atoms with Crippen molar-refractivity contribution >= 4 is 35.6 Å². The highest BCUT2D eigenvalue weighted by atomic mass is 32.2. The van der Waals surface area contributed by atoms with Crippen LogP contribution < -0.4 is 9.88 Å². The molecule has 1 nitrogen and oxygen atoms in total. The Labute approximate surface area is 77.6 Å². The lowest BCUT2D eigenvalue weighted by Crippen LogP contribution is -2.19. The molecule has 0 saturated carbocycles. The van der Waals surface area contributed by atoms with Gasteiger partial charge in [0.25, 0.3) is 0 Å². The first kappa shape index (κ1) is 8.01. The maximum absolute atomic E-state index is 12.1. The molecule has 0 bridgehead atoms. The molecule has 12 heavy (non-hydrogen) atoms. The first-order chi connectivity index (χ1) is 5.90. The van der Waals surface area contributed by atoms with E-state index in [0.29, 0.717) is 4.34 Å². The van der Waals surface area contributed by atoms with Crippen molar-refractivity contribution in [3.05, 3.63) is 22.0 Å². The highest BCUT2D eigenvalue weighted by Gasteiger charge is 2.00. The molecule has 0 spiro atoms. The summed E-state index contributed by atoms with van der Waals surface area (Å²) in [4.78, 5) is 4.11. The zero-order valence-electron chi connectivity index (χ0n) is 6.16. The summed E-state index contributed by atoms with van der Waals surface area (Å²) >= 11 is 1.60. The van der Waals surface area contributed by atoms with Gasteiger partial charge in [-0.2, -0.15) is 3.89 Å². The van der Waals surface area contributed by atoms with Crippen LogP contribution in [0.5, 0.6) is 0 Å². The van der Waals surface area contributed by atoms with E-state index >= 15 is 0 Å². The molecule has 0 radical (unpaired) electrons. The van der Waals surface area contributed by atoms with Crippen molar-refractivity contribution in [2.75, 3.05) is 0 Å². The average Bonchev–Trinajstić information content (AvgIpc) is 2.37. The number of allylic oxidation sites excluding steroid dienone is 2. The van der Waals surface area contributed by atoms with Gasteiger partial charge in [0.05, 0.1) is 9.88 Å². The van der Waals surface area contributed by atoms with Crippen molar-refractivity contribution < 1.29 is 3.89 Å². The highest BCUT2D eigenvalue weighted by Crippen LogP contribution is 2.16. The first-order valence-corrected chi connectivity index (χ1v) is 5.06. The topological polar surface area (TPSA) is 12.9 Å². The third kappa shape index (κ3) is 1.44. The lowest BCUT2D eigenvalue weighted by atomic mass is 10.4. The molecule has 2 rings (SSSR count). The standard InChI is InChI=1S/C8H6FNS2/c9-12-8-10-6-4-2-1-3-5-7(6)11-8/h1,3-5H,2H2. The van der Waals surface area contributed by atoms with E-state index in [9.17, 15) is 3.89 Å². The number of hydrogen-bond donors (Lipinski definition) is 0. The fourth-order valence-corrected chi connectivity index (χ4v) is 2.28. The van der Waals surface area contributed by atoms with Crippen molar-refractivity contribution in [2.24, 2.45) is 0 Å². The molecule has 0 saturated heterocycles. The Morgan fingerprint density at radius 3 is 3.33 bits per heavy atom. The second kappa shape index (κ2) is 3.41. The monoisotopic (exact) mass is 199 g/mol. The summed E-state index contributed by atoms with van der Waals surface area (Å²) in [6, 6.07) is 0. The third-order valence-electron chi connectivity index (χ3n) is 1.56. The summed E-state index contributed by atoms with van der Waals surface area (Å²) in [5.41, 5.74) is 0. The molecule has 1 aliphatic rings. The molecule has 0 aliphatic heterocycles. The Hall–Kier alpha value is -0.610. The molecule has 0 amide bonds. The quantitative estimate of drug-likeness (QED) is 0.682. The van der Waals surface area contributed by atoms with Crippen molar-refractivity contribution in [3.63, 3.8) is 0 Å². The molecule has 0 atom stereocenters. The normalized spacial score (nSPS) is 14.4. The van der Waals surface area contributed by atoms with Gasteiger partial charge in [-0.05, 0) is 12.5 Å². The number of thiazole rings is 1. The minimum Gasteiger partial charge on any atom is -0.228 e. The molecule has 0 fully saturated rings. The van der Waals surface area contributed by atoms with Crippen LogP contribution in [-0.2, 0) is 0 Å². The van der Waals surface area contributed by atoms with Crippen molar-refractivity contribution in [1.82, 2.24) is 4.98 Å². The van der Waals surface area contributed by atoms with Gasteiger partial charge < -0.3 is 0 Å². The lowest BCUT2D eigenvalue weighted by molar-refractivity contribution is 0.928. The third-order valence-corrected chi connectivity index (χ3v) is 3.05. The van der Waals surface area contributed by atoms with E-state index in [2.05, 4.69) is 11.1 Å². The van der Waals surface area contributed by atoms with Gasteiger partial charge in [-0.15, -0.1) is 11.3 Å². The summed E-state index contributed by atoms with van der Waals surface area (Å²) in [7, 11) is 0. The van der Waals surface area contributed by atoms with E-state index in [4.69, 9.17) is 0 Å². The van der Waals surface area contributed by atoms with Gasteiger partial charge in [-0.3, -0.25) is 0 Å². The van der Waals surface area contributed by atoms with Gasteiger partial charge in [0.1, 0.15) is 12.1 Å². The van der Waals surface area contributed by atoms with Crippen LogP contribution in [-0.4, -0.2) is 4.98 Å². The molecule has 4 heteroatoms. The van der Waals surface area contributed by atoms with Crippen LogP contribution in [0, 0.1) is 0 Å². The fraction of sp³-hybridized carbons (Fsp3) is 0.125. The number of halogens is 1. The average molecular weight is 199 g/mol. The molecule has 1 aromatic rings. The van der Waals surface area contributed by atoms with Gasteiger partial charge in [0.15, 0.2) is 4.34 Å². The maximum atomic E-state index is 12.1. The van der Waals surface area contributed by atoms with Gasteiger partial charge in [-0.1, -0.05) is 18.2 Å². The maximum Gasteiger partial charge on any atom is 0.183 e. The second-order valence-corrected chi connectivity index (χ2v) is 4.17. The second-order valence-electron chi connectivity index (χ2n) is 2.34. The summed E-state index contributed by atoms with van der Waals surface area (Å²) in [6.07, 6.45) is 8.88. The van der Waals surface area contributed by atoms with Crippen LogP contribution >= 0.6 is 23.5 Å². The zero-order valence-corrected chi connectivity index (χ0v) is 7.79. The predicted octanol–water partition coefficient (Wildman–Crippen LogP) is 1.64. The molecule has 1 aliphatic carbocycles. The first-order valence-electron chi connectivity index (χ1n) is 3.52. The van der Waals surface area contributed by atoms with E-state index in [1.165, 1.54) is 11.3 Å². The van der Waals surface area contributed by atoms with Crippen molar-refractivity contribution in [1.29, 1.82) is 0 Å². The minimum atomic E-state index is 0.212. The highest BCUT2D eigenvalue weighted by molar-refractivity contribution is 7.96. The number of aromatic nitrogens is 1. The fourth-order valence-electron chi connectivity index (χ4n) is 1.03. The van der Waals surface area contributed by atoms with E-state index < -0.39 is 0 Å². The SMILES string of the molecule is FSc1nc2c(s1)=CC=CCC=2. The van der Waals surface area contributed by atoms with Crippen molar-refractivity contribution in [3.8, 4) is 0 Å². The number of rotatable bonds is 1. The Kier molecular flexibility index (Phi) is 2.28. The molecular formula is C8H6FNS2. The molecule has 62 valence electrons. The Morgan fingerprint density at radius 2 is 2.50 bits per heavy atom. The van der Waals surface area contributed by atoms with E-state index in [0.717, 1.165) is 16.3 Å². The van der Waals surface area contributed by atoms with Crippen LogP contribution in [0.4, 0.5) is 3.89 Å². The molecular weight excluding hydrogens is 193 g/mol. The smallest absolute Gasteiger partial charge is 0.183 e. The van der Waals surface area contributed by atoms with E-state index in [1.807, 2.05) is 18.2 Å². The molecule has 0 aromatic carbocycles. The summed E-state index contributed by atoms with van der Waals surface area (Å²) in [5.74, 6) is 0. The minimum absolute atomic E-state index is 0.212. The van der Waals surface area contributed by atoms with Crippen LogP contribution in [0.15, 0.2) is 16.5 Å². The predicted molar refractivity (Wildman–Crippen MR) is 51.0 cm³/mol. The van der Waals surface area contributed by atoms with Crippen molar-refractivity contribution in [2.45, 2.75) is 10.8 Å². The van der Waals surface area contributed by atoms with Gasteiger partial charge in [0, 0.05) is 0 Å². The molecule has 0 N–H and O–H groups in total. The summed E-state index contributed by atoms with van der Waals surface area (Å²) in [5, 5.41) is 0.908. The molecule has 1 aromatic heterocycles. The van der Waals surface area contributed by atoms with Gasteiger partial charge in [-0.25, -0.2) is 4.98 Å². The van der Waals surface area contributed by atoms with Gasteiger partial charge >= 0.3 is 0 Å². The van der Waals surface area contributed by atoms with E-state index in [-0.39, 0.29) is 12.1 Å². The summed E-state index contributed by atoms with van der Waals surface area (Å²) < 4.78 is 13.7. The number of nitrogens with zero attached hydrogens (tertiary/aromatic N) is 1. The Bertz CT molecular complexity index is 419. The van der Waals surface area contributed by atoms with Gasteiger partial charge in [0.2, 0.25) is 0 Å². The van der Waals surface area contributed by atoms with Crippen LogP contribution in [0.3, 0.4) is 0 Å². The van der Waals surface area contributed by atoms with E-state index in [1.54, 1.807) is 0 Å². The number of fused-ring (bicyclic) bond motifs is 1. The van der Waals surface area contributed by atoms with Crippen LogP contribution in [0.1, 0.15) is 6.42 Å². The molecule has 1 heterocycles. The zero-order chi connectivity index (χ0) is 8.39. The molecule has 0 unspecified atom stereocenters. The summed E-state index contributed by atoms with van der Waals surface area (Å²) in [6.45, 7) is 0. The lowest BCUT2D eigenvalue weighted by Gasteiger charge is -1.76. The largest absolute Gasteiger partial charge is 0.228 e. The Balaban J connectivity index is 2.66. The van der Waals surface area contributed by atoms with Crippen LogP contribution in [0.2, 0.25) is 0 Å². The van der Waals surface area contributed by atoms with Crippen LogP contribution in [0.25, 0.3) is 12.2 Å². The Morgan fingerprint density at radius 1 is 1.58 bits per heavy atom. The number of hydrogen-bond acceptors (Lipinski definition) is 3.